The smallest absolute Gasteiger partial charge is 0.399 e. The normalized spacial score (nSPS) is 25.6. The zero-order valence-electron chi connectivity index (χ0n) is 26.3. The highest BCUT2D eigenvalue weighted by molar-refractivity contribution is 6.62. The fourth-order valence-electron chi connectivity index (χ4n) is 7.53. The summed E-state index contributed by atoms with van der Waals surface area (Å²) in [4.78, 5) is 0. The van der Waals surface area contributed by atoms with Crippen molar-refractivity contribution in [2.45, 2.75) is 123 Å². The zero-order chi connectivity index (χ0) is 29.1. The van der Waals surface area contributed by atoms with Gasteiger partial charge in [0.05, 0.1) is 22.4 Å². The first-order valence-corrected chi connectivity index (χ1v) is 15.1. The molecule has 0 atom stereocenters. The van der Waals surface area contributed by atoms with E-state index in [0.29, 0.717) is 0 Å². The van der Waals surface area contributed by atoms with E-state index in [0.717, 1.165) is 36.6 Å². The lowest BCUT2D eigenvalue weighted by molar-refractivity contribution is 0.00578. The molecule has 4 nitrogen and oxygen atoms in total. The molecule has 0 radical (unpaired) electrons. The van der Waals surface area contributed by atoms with E-state index in [9.17, 15) is 0 Å². The molecule has 2 aromatic carbocycles. The summed E-state index contributed by atoms with van der Waals surface area (Å²) in [5.41, 5.74) is 7.69. The van der Waals surface area contributed by atoms with Gasteiger partial charge in [-0.05, 0) is 120 Å². The summed E-state index contributed by atoms with van der Waals surface area (Å²) in [5, 5.41) is 0. The third-order valence-corrected chi connectivity index (χ3v) is 11.2. The van der Waals surface area contributed by atoms with Gasteiger partial charge in [-0.2, -0.15) is 0 Å². The first kappa shape index (κ1) is 28.3. The Labute approximate surface area is 242 Å². The fourth-order valence-corrected chi connectivity index (χ4v) is 7.53. The average molecular weight is 540 g/mol. The van der Waals surface area contributed by atoms with Gasteiger partial charge in [-0.1, -0.05) is 55.3 Å². The van der Waals surface area contributed by atoms with Crippen molar-refractivity contribution < 1.29 is 18.6 Å². The quantitative estimate of drug-likeness (QED) is 0.312. The molecule has 0 bridgehead atoms. The maximum atomic E-state index is 6.48. The number of benzene rings is 2. The molecule has 2 heterocycles. The van der Waals surface area contributed by atoms with Crippen molar-refractivity contribution in [1.82, 2.24) is 0 Å². The topological polar surface area (TPSA) is 36.9 Å². The standard InChI is InChI=1S/C34H46B2O4/c1-12-33(19-22(2)3)20-34(21-33)27-17-23(35-37-29(4,5)30(6,7)38-35)13-15-25(27)26-16-14-24(18-28(26)34)36-39-31(8,9)32(10,11)40-36/h13-18H,2,12,19-21H2,1,3-11H3. The van der Waals surface area contributed by atoms with E-state index in [-0.39, 0.29) is 47.5 Å². The Balaban J connectivity index is 1.43. The SMILES string of the molecule is C=C(C)CC1(CC)CC2(C1)c1cc(B3OC(C)(C)C(C)(C)O3)ccc1-c1ccc(B3OC(C)(C)C(C)(C)O3)cc12. The Hall–Kier alpha value is -1.85. The van der Waals surface area contributed by atoms with Crippen molar-refractivity contribution in [3.05, 3.63) is 59.7 Å². The highest BCUT2D eigenvalue weighted by atomic mass is 16.7. The fraction of sp³-hybridized carbons (Fsp3) is 0.588. The van der Waals surface area contributed by atoms with E-state index in [1.807, 2.05) is 0 Å². The molecule has 4 aliphatic rings. The minimum absolute atomic E-state index is 0.0462. The van der Waals surface area contributed by atoms with Crippen LogP contribution >= 0.6 is 0 Å². The molecule has 2 aliphatic heterocycles. The zero-order valence-corrected chi connectivity index (χ0v) is 26.3. The van der Waals surface area contributed by atoms with Crippen LogP contribution in [0.3, 0.4) is 0 Å². The lowest BCUT2D eigenvalue weighted by atomic mass is 9.47. The minimum atomic E-state index is -0.372. The van der Waals surface area contributed by atoms with Gasteiger partial charge < -0.3 is 18.6 Å². The molecule has 0 unspecified atom stereocenters. The van der Waals surface area contributed by atoms with Crippen LogP contribution in [0.5, 0.6) is 0 Å². The van der Waals surface area contributed by atoms with Crippen LogP contribution in [0.1, 0.15) is 106 Å². The summed E-state index contributed by atoms with van der Waals surface area (Å²) < 4.78 is 25.9. The van der Waals surface area contributed by atoms with Crippen LogP contribution in [0.4, 0.5) is 0 Å². The first-order valence-electron chi connectivity index (χ1n) is 15.1. The molecule has 2 aromatic rings. The molecule has 2 aliphatic carbocycles. The average Bonchev–Trinajstić information content (AvgIpc) is 3.32. The van der Waals surface area contributed by atoms with Gasteiger partial charge in [-0.3, -0.25) is 0 Å². The highest BCUT2D eigenvalue weighted by Gasteiger charge is 2.60. The van der Waals surface area contributed by atoms with E-state index in [4.69, 9.17) is 18.6 Å². The minimum Gasteiger partial charge on any atom is -0.399 e. The third kappa shape index (κ3) is 3.96. The largest absolute Gasteiger partial charge is 0.494 e. The molecule has 212 valence electrons. The molecule has 3 fully saturated rings. The lowest BCUT2D eigenvalue weighted by Gasteiger charge is -2.56. The molecule has 1 spiro atoms. The molecule has 40 heavy (non-hydrogen) atoms. The number of fused-ring (bicyclic) bond motifs is 5. The van der Waals surface area contributed by atoms with Crippen molar-refractivity contribution in [1.29, 1.82) is 0 Å². The number of hydrogen-bond acceptors (Lipinski definition) is 4. The molecule has 0 N–H and O–H groups in total. The summed E-state index contributed by atoms with van der Waals surface area (Å²) in [6, 6.07) is 13.8. The summed E-state index contributed by atoms with van der Waals surface area (Å²) in [6.07, 6.45) is 4.45. The Kier molecular flexibility index (Phi) is 6.08. The molecule has 0 aromatic heterocycles. The van der Waals surface area contributed by atoms with Gasteiger partial charge in [0.25, 0.3) is 0 Å². The summed E-state index contributed by atoms with van der Waals surface area (Å²) in [6.45, 7) is 25.8. The molecular formula is C34H46B2O4. The van der Waals surface area contributed by atoms with E-state index >= 15 is 0 Å². The molecule has 0 amide bonds. The maximum absolute atomic E-state index is 6.48. The van der Waals surface area contributed by atoms with E-state index in [2.05, 4.69) is 112 Å². The maximum Gasteiger partial charge on any atom is 0.494 e. The van der Waals surface area contributed by atoms with Crippen LogP contribution in [-0.4, -0.2) is 36.6 Å². The molecule has 6 heteroatoms. The lowest BCUT2D eigenvalue weighted by Crippen LogP contribution is -2.50. The highest BCUT2D eigenvalue weighted by Crippen LogP contribution is 2.67. The van der Waals surface area contributed by atoms with Gasteiger partial charge in [0, 0.05) is 5.41 Å². The van der Waals surface area contributed by atoms with Crippen molar-refractivity contribution in [3.63, 3.8) is 0 Å². The van der Waals surface area contributed by atoms with Crippen molar-refractivity contribution in [3.8, 4) is 11.1 Å². The second kappa shape index (κ2) is 8.60. The van der Waals surface area contributed by atoms with Crippen LogP contribution in [0, 0.1) is 5.41 Å². The Morgan fingerprint density at radius 3 is 1.40 bits per heavy atom. The molecule has 1 saturated carbocycles. The van der Waals surface area contributed by atoms with Crippen LogP contribution in [0.2, 0.25) is 0 Å². The third-order valence-electron chi connectivity index (χ3n) is 11.2. The second-order valence-corrected chi connectivity index (χ2v) is 15.2. The molecule has 6 rings (SSSR count). The summed E-state index contributed by atoms with van der Waals surface area (Å²) in [5.74, 6) is 0. The van der Waals surface area contributed by atoms with Gasteiger partial charge in [0.15, 0.2) is 0 Å². The van der Waals surface area contributed by atoms with E-state index in [1.165, 1.54) is 27.8 Å². The predicted molar refractivity (Wildman–Crippen MR) is 165 cm³/mol. The van der Waals surface area contributed by atoms with Crippen LogP contribution < -0.4 is 10.9 Å². The molecular weight excluding hydrogens is 494 g/mol. The molecule has 2 saturated heterocycles. The van der Waals surface area contributed by atoms with Gasteiger partial charge in [-0.25, -0.2) is 0 Å². The van der Waals surface area contributed by atoms with Crippen molar-refractivity contribution in [2.24, 2.45) is 5.41 Å². The van der Waals surface area contributed by atoms with E-state index < -0.39 is 0 Å². The Morgan fingerprint density at radius 1 is 0.700 bits per heavy atom. The van der Waals surface area contributed by atoms with Crippen molar-refractivity contribution >= 4 is 25.2 Å². The van der Waals surface area contributed by atoms with E-state index in [1.54, 1.807) is 0 Å². The Morgan fingerprint density at radius 2 is 1.07 bits per heavy atom. The van der Waals surface area contributed by atoms with Crippen LogP contribution in [0.15, 0.2) is 48.6 Å². The number of hydrogen-bond donors (Lipinski definition) is 0. The van der Waals surface area contributed by atoms with Gasteiger partial charge in [-0.15, -0.1) is 6.58 Å². The predicted octanol–water partition coefficient (Wildman–Crippen LogP) is 6.71. The second-order valence-electron chi connectivity index (χ2n) is 15.2. The van der Waals surface area contributed by atoms with Gasteiger partial charge in [0.1, 0.15) is 0 Å². The van der Waals surface area contributed by atoms with Crippen LogP contribution in [0.25, 0.3) is 11.1 Å². The summed E-state index contributed by atoms with van der Waals surface area (Å²) >= 11 is 0. The van der Waals surface area contributed by atoms with Crippen molar-refractivity contribution in [2.75, 3.05) is 0 Å². The van der Waals surface area contributed by atoms with Gasteiger partial charge in [0.2, 0.25) is 0 Å². The number of rotatable bonds is 5. The monoisotopic (exact) mass is 540 g/mol. The first-order chi connectivity index (χ1) is 18.4. The Bertz CT molecular complexity index is 1260. The summed E-state index contributed by atoms with van der Waals surface area (Å²) in [7, 11) is -0.745. The van der Waals surface area contributed by atoms with Gasteiger partial charge >= 0.3 is 14.2 Å². The van der Waals surface area contributed by atoms with Crippen LogP contribution in [-0.2, 0) is 24.0 Å². The number of allylic oxidation sites excluding steroid dienone is 1.